The molecule has 0 aromatic rings. The van der Waals surface area contributed by atoms with E-state index in [1.807, 2.05) is 6.08 Å². The summed E-state index contributed by atoms with van der Waals surface area (Å²) >= 11 is 0. The van der Waals surface area contributed by atoms with Crippen LogP contribution in [0.5, 0.6) is 0 Å². The van der Waals surface area contributed by atoms with E-state index in [4.69, 9.17) is 14.2 Å². The van der Waals surface area contributed by atoms with Crippen molar-refractivity contribution >= 4 is 17.9 Å². The molecule has 2 unspecified atom stereocenters. The fourth-order valence-corrected chi connectivity index (χ4v) is 6.90. The van der Waals surface area contributed by atoms with Crippen molar-refractivity contribution in [3.63, 3.8) is 0 Å². The van der Waals surface area contributed by atoms with Gasteiger partial charge in [-0.25, -0.2) is 0 Å². The molecule has 0 saturated carbocycles. The lowest BCUT2D eigenvalue weighted by Gasteiger charge is -2.34. The van der Waals surface area contributed by atoms with Crippen molar-refractivity contribution in [1.29, 1.82) is 0 Å². The molecule has 0 aromatic heterocycles. The van der Waals surface area contributed by atoms with Crippen molar-refractivity contribution in [2.45, 2.75) is 199 Å². The Hall–Kier alpha value is -3.75. The Morgan fingerprint density at radius 2 is 0.938 bits per heavy atom. The van der Waals surface area contributed by atoms with Crippen molar-refractivity contribution < 1.29 is 38.2 Å². The molecule has 0 rings (SSSR count). The minimum Gasteiger partial charge on any atom is -0.544 e. The van der Waals surface area contributed by atoms with Gasteiger partial charge in [-0.1, -0.05) is 188 Å². The predicted octanol–water partition coefficient (Wildman–Crippen LogP) is 13.3. The largest absolute Gasteiger partial charge is 0.544 e. The van der Waals surface area contributed by atoms with Crippen LogP contribution in [0.1, 0.15) is 187 Å². The molecule has 64 heavy (non-hydrogen) atoms. The quantitative estimate of drug-likeness (QED) is 0.0197. The number of carboxylic acids is 1. The van der Waals surface area contributed by atoms with Gasteiger partial charge in [-0.15, -0.1) is 0 Å². The fourth-order valence-electron chi connectivity index (χ4n) is 6.90. The third kappa shape index (κ3) is 43.5. The molecule has 0 heterocycles. The minimum absolute atomic E-state index is 0.0247. The Labute approximate surface area is 392 Å². The van der Waals surface area contributed by atoms with Crippen LogP contribution < -0.4 is 5.11 Å². The molecular weight excluding hydrogens is 799 g/mol. The zero-order valence-corrected chi connectivity index (χ0v) is 41.4. The van der Waals surface area contributed by atoms with Crippen LogP contribution in [0.4, 0.5) is 0 Å². The van der Waals surface area contributed by atoms with E-state index in [0.29, 0.717) is 12.8 Å². The summed E-state index contributed by atoms with van der Waals surface area (Å²) in [5.74, 6) is -1.78. The van der Waals surface area contributed by atoms with Gasteiger partial charge in [-0.3, -0.25) is 9.59 Å². The molecule has 2 atom stereocenters. The number of allylic oxidation sites excluding steroid dienone is 16. The van der Waals surface area contributed by atoms with Crippen LogP contribution in [-0.2, 0) is 28.6 Å². The molecule has 8 heteroatoms. The number of esters is 2. The zero-order chi connectivity index (χ0) is 47.0. The van der Waals surface area contributed by atoms with Crippen LogP contribution >= 0.6 is 0 Å². The van der Waals surface area contributed by atoms with Crippen LogP contribution in [0, 0.1) is 0 Å². The Balaban J connectivity index is 4.33. The lowest BCUT2D eigenvalue weighted by molar-refractivity contribution is -0.889. The molecule has 0 N–H and O–H groups in total. The lowest BCUT2D eigenvalue weighted by atomic mass is 10.1. The van der Waals surface area contributed by atoms with E-state index in [9.17, 15) is 19.5 Å². The highest BCUT2D eigenvalue weighted by atomic mass is 16.6. The second-order valence-corrected chi connectivity index (χ2v) is 17.8. The number of aliphatic carboxylic acids is 1. The SMILES string of the molecule is CC/C=C/C/C=C/C/C=C/C/C=C/CCCCCCCCCCCC(=O)OC(COCCC(C(=O)[O-])[N+](C)(C)C)COC(=O)CCCCCCC/C=C/C=C/C=C/C=C/CCCCC. The van der Waals surface area contributed by atoms with Gasteiger partial charge in [-0.2, -0.15) is 0 Å². The number of ether oxygens (including phenoxy) is 3. The molecule has 0 aromatic carbocycles. The highest BCUT2D eigenvalue weighted by Gasteiger charge is 2.25. The van der Waals surface area contributed by atoms with Gasteiger partial charge in [-0.05, 0) is 77.0 Å². The molecule has 0 amide bonds. The summed E-state index contributed by atoms with van der Waals surface area (Å²) in [4.78, 5) is 37.0. The van der Waals surface area contributed by atoms with Crippen LogP contribution in [0.25, 0.3) is 0 Å². The monoisotopic (exact) mass is 892 g/mol. The van der Waals surface area contributed by atoms with Gasteiger partial charge in [0.25, 0.3) is 0 Å². The standard InChI is InChI=1S/C56H93NO7/c1-6-8-10-12-14-16-18-20-22-24-26-27-28-29-31-33-35-37-39-41-43-45-47-55(59)64-52(50-62-49-48-53(56(60)61)57(3,4)5)51-63-54(58)46-44-42-40-38-36-34-32-30-25-23-21-19-17-15-13-11-9-7-2/h8,10,14-17,19-23,25-27,30,32,52-53H,6-7,9,11-13,18,24,28-29,31,33-51H2,1-5H3/b10-8+,16-14+,17-15+,21-19+,22-20+,25-23+,27-26+,32-30+. The third-order valence-corrected chi connectivity index (χ3v) is 10.8. The van der Waals surface area contributed by atoms with Gasteiger partial charge in [0.1, 0.15) is 12.6 Å². The Bertz CT molecular complexity index is 1360. The molecule has 364 valence electrons. The fraction of sp³-hybridized carbons (Fsp3) is 0.661. The van der Waals surface area contributed by atoms with E-state index in [-0.39, 0.29) is 42.7 Å². The Morgan fingerprint density at radius 1 is 0.500 bits per heavy atom. The average Bonchev–Trinajstić information content (AvgIpc) is 3.26. The van der Waals surface area contributed by atoms with Gasteiger partial charge < -0.3 is 28.6 Å². The molecule has 8 nitrogen and oxygen atoms in total. The van der Waals surface area contributed by atoms with Crippen LogP contribution in [0.15, 0.2) is 97.2 Å². The maximum atomic E-state index is 12.8. The molecule has 0 aliphatic rings. The third-order valence-electron chi connectivity index (χ3n) is 10.8. The van der Waals surface area contributed by atoms with E-state index in [2.05, 4.69) is 105 Å². The average molecular weight is 892 g/mol. The van der Waals surface area contributed by atoms with Gasteiger partial charge in [0.05, 0.1) is 40.3 Å². The van der Waals surface area contributed by atoms with Gasteiger partial charge >= 0.3 is 11.9 Å². The highest BCUT2D eigenvalue weighted by molar-refractivity contribution is 5.70. The molecule has 0 aliphatic carbocycles. The molecule has 0 radical (unpaired) electrons. The first-order chi connectivity index (χ1) is 31.1. The number of quaternary nitrogens is 1. The molecular formula is C56H93NO7. The number of nitrogens with zero attached hydrogens (tertiary/aromatic N) is 1. The second-order valence-electron chi connectivity index (χ2n) is 17.8. The second kappa shape index (κ2) is 45.8. The summed E-state index contributed by atoms with van der Waals surface area (Å²) in [5.41, 5.74) is 0. The van der Waals surface area contributed by atoms with E-state index in [1.165, 1.54) is 57.8 Å². The molecule has 0 aliphatic heterocycles. The first kappa shape index (κ1) is 60.2. The number of carboxylic acid groups (broad SMARTS) is 1. The summed E-state index contributed by atoms with van der Waals surface area (Å²) in [6.45, 7) is 4.48. The summed E-state index contributed by atoms with van der Waals surface area (Å²) in [6.07, 6.45) is 61.4. The van der Waals surface area contributed by atoms with E-state index in [1.54, 1.807) is 21.1 Å². The van der Waals surface area contributed by atoms with Crippen LogP contribution in [0.3, 0.4) is 0 Å². The maximum Gasteiger partial charge on any atom is 0.306 e. The van der Waals surface area contributed by atoms with E-state index in [0.717, 1.165) is 96.3 Å². The van der Waals surface area contributed by atoms with Gasteiger partial charge in [0, 0.05) is 19.3 Å². The number of hydrogen-bond acceptors (Lipinski definition) is 7. The number of rotatable bonds is 44. The normalized spacial score (nSPS) is 13.7. The number of hydrogen-bond donors (Lipinski definition) is 0. The summed E-state index contributed by atoms with van der Waals surface area (Å²) in [5, 5.41) is 11.7. The summed E-state index contributed by atoms with van der Waals surface area (Å²) in [7, 11) is 5.40. The van der Waals surface area contributed by atoms with Crippen LogP contribution in [-0.4, -0.2) is 75.5 Å². The van der Waals surface area contributed by atoms with E-state index >= 15 is 0 Å². The van der Waals surface area contributed by atoms with Gasteiger partial charge in [0.15, 0.2) is 6.10 Å². The maximum absolute atomic E-state index is 12.8. The Kier molecular flexibility index (Phi) is 43.1. The van der Waals surface area contributed by atoms with Crippen molar-refractivity contribution in [1.82, 2.24) is 0 Å². The summed E-state index contributed by atoms with van der Waals surface area (Å²) in [6, 6.07) is -0.737. The molecule has 0 saturated heterocycles. The summed E-state index contributed by atoms with van der Waals surface area (Å²) < 4.78 is 17.2. The molecule has 0 spiro atoms. The first-order valence-electron chi connectivity index (χ1n) is 25.3. The number of unbranched alkanes of at least 4 members (excludes halogenated alkanes) is 17. The molecule has 0 bridgehead atoms. The highest BCUT2D eigenvalue weighted by Crippen LogP contribution is 2.14. The lowest BCUT2D eigenvalue weighted by Crippen LogP contribution is -2.55. The zero-order valence-electron chi connectivity index (χ0n) is 41.4. The number of carbonyl (C=O) groups excluding carboxylic acids is 3. The number of likely N-dealkylation sites (N-methyl/N-ethyl adjacent to an activating group) is 1. The van der Waals surface area contributed by atoms with Crippen LogP contribution in [0.2, 0.25) is 0 Å². The van der Waals surface area contributed by atoms with Crippen molar-refractivity contribution in [3.05, 3.63) is 97.2 Å². The molecule has 0 fully saturated rings. The van der Waals surface area contributed by atoms with E-state index < -0.39 is 18.1 Å². The minimum atomic E-state index is -1.13. The Morgan fingerprint density at radius 3 is 1.44 bits per heavy atom. The predicted molar refractivity (Wildman–Crippen MR) is 268 cm³/mol. The van der Waals surface area contributed by atoms with Gasteiger partial charge in [0.2, 0.25) is 0 Å². The number of carbonyl (C=O) groups is 3. The smallest absolute Gasteiger partial charge is 0.306 e. The van der Waals surface area contributed by atoms with Crippen molar-refractivity contribution in [3.8, 4) is 0 Å². The first-order valence-corrected chi connectivity index (χ1v) is 25.3. The van der Waals surface area contributed by atoms with Crippen molar-refractivity contribution in [2.75, 3.05) is 41.0 Å². The van der Waals surface area contributed by atoms with Crippen molar-refractivity contribution in [2.24, 2.45) is 0 Å². The topological polar surface area (TPSA) is 102 Å².